The fourth-order valence-corrected chi connectivity index (χ4v) is 3.46. The third-order valence-corrected chi connectivity index (χ3v) is 5.91. The number of nitrogens with one attached hydrogen (secondary N) is 2. The Labute approximate surface area is 151 Å². The molecule has 3 rings (SSSR count). The second-order valence-corrected chi connectivity index (χ2v) is 8.13. The monoisotopic (exact) mass is 367 g/mol. The van der Waals surface area contributed by atoms with E-state index in [1.54, 1.807) is 50.2 Å². The highest BCUT2D eigenvalue weighted by Gasteiger charge is 2.16. The minimum atomic E-state index is -2.84. The van der Waals surface area contributed by atoms with Crippen LogP contribution in [0, 0.1) is 18.3 Å². The van der Waals surface area contributed by atoms with Gasteiger partial charge in [0.05, 0.1) is 26.8 Å². The summed E-state index contributed by atoms with van der Waals surface area (Å²) >= 11 is 0. The Morgan fingerprint density at radius 2 is 1.96 bits per heavy atom. The minimum absolute atomic E-state index is 0.209. The van der Waals surface area contributed by atoms with Gasteiger partial charge in [-0.1, -0.05) is 31.2 Å². The summed E-state index contributed by atoms with van der Waals surface area (Å²) in [6.45, 7) is 10.5. The van der Waals surface area contributed by atoms with Gasteiger partial charge in [-0.05, 0) is 24.6 Å². The molecule has 0 aliphatic heterocycles. The van der Waals surface area contributed by atoms with Crippen molar-refractivity contribution < 1.29 is 4.21 Å². The maximum atomic E-state index is 12.8. The first-order chi connectivity index (χ1) is 12.4. The topological polar surface area (TPSA) is 96.0 Å². The van der Waals surface area contributed by atoms with Gasteiger partial charge < -0.3 is 0 Å². The zero-order chi connectivity index (χ0) is 18.9. The summed E-state index contributed by atoms with van der Waals surface area (Å²) in [5.41, 5.74) is 2.14. The zero-order valence-electron chi connectivity index (χ0n) is 14.3. The van der Waals surface area contributed by atoms with Gasteiger partial charge in [-0.2, -0.15) is 0 Å². The van der Waals surface area contributed by atoms with Gasteiger partial charge in [-0.3, -0.25) is 9.89 Å². The van der Waals surface area contributed by atoms with Crippen molar-refractivity contribution in [1.82, 2.24) is 14.8 Å². The highest BCUT2D eigenvalue weighted by Crippen LogP contribution is 2.23. The zero-order valence-corrected chi connectivity index (χ0v) is 15.1. The van der Waals surface area contributed by atoms with Crippen molar-refractivity contribution in [2.24, 2.45) is 0 Å². The lowest BCUT2D eigenvalue weighted by Crippen LogP contribution is -2.17. The molecule has 0 bridgehead atoms. The molecule has 0 spiro atoms. The molecule has 0 radical (unpaired) electrons. The van der Waals surface area contributed by atoms with Gasteiger partial charge in [0.25, 0.3) is 5.56 Å². The molecule has 0 amide bonds. The number of H-pyrrole nitrogens is 1. The quantitative estimate of drug-likeness (QED) is 0.691. The first-order valence-electron chi connectivity index (χ1n) is 7.90. The molecule has 0 fully saturated rings. The molecule has 26 heavy (non-hydrogen) atoms. The molecule has 2 heterocycles. The van der Waals surface area contributed by atoms with Gasteiger partial charge in [0.2, 0.25) is 0 Å². The summed E-state index contributed by atoms with van der Waals surface area (Å²) in [6.07, 6.45) is 1.38. The molecule has 0 aliphatic rings. The third kappa shape index (κ3) is 3.05. The number of hydrogen-bond acceptors (Lipinski definition) is 4. The number of hydrogen-bond donors (Lipinski definition) is 2. The Hall–Kier alpha value is -3.18. The van der Waals surface area contributed by atoms with E-state index in [-0.39, 0.29) is 11.3 Å². The van der Waals surface area contributed by atoms with Crippen molar-refractivity contribution in [2.45, 2.75) is 18.7 Å². The van der Waals surface area contributed by atoms with Crippen LogP contribution in [-0.4, -0.2) is 24.7 Å². The van der Waals surface area contributed by atoms with E-state index in [0.717, 1.165) is 0 Å². The van der Waals surface area contributed by atoms with Crippen LogP contribution in [0.3, 0.4) is 0 Å². The van der Waals surface area contributed by atoms with Gasteiger partial charge in [0.1, 0.15) is 0 Å². The van der Waals surface area contributed by atoms with Crippen LogP contribution in [0.2, 0.25) is 0 Å². The van der Waals surface area contributed by atoms with E-state index in [0.29, 0.717) is 33.2 Å². The number of rotatable bonds is 4. The smallest absolute Gasteiger partial charge is 0.280 e. The average Bonchev–Trinajstić information content (AvgIpc) is 2.96. The molecule has 0 aliphatic carbocycles. The van der Waals surface area contributed by atoms with Crippen LogP contribution in [0.15, 0.2) is 52.3 Å². The Bertz CT molecular complexity index is 1150. The lowest BCUT2D eigenvalue weighted by molar-refractivity contribution is 0.675. The fourth-order valence-electron chi connectivity index (χ4n) is 2.62. The van der Waals surface area contributed by atoms with Gasteiger partial charge >= 0.3 is 0 Å². The predicted molar refractivity (Wildman–Crippen MR) is 100 cm³/mol. The Kier molecular flexibility index (Phi) is 4.49. The minimum Gasteiger partial charge on any atom is -0.293 e. The van der Waals surface area contributed by atoms with Gasteiger partial charge in [0, 0.05) is 17.6 Å². The van der Waals surface area contributed by atoms with Crippen molar-refractivity contribution in [3.63, 3.8) is 0 Å². The van der Waals surface area contributed by atoms with E-state index in [4.69, 9.17) is 11.4 Å². The van der Waals surface area contributed by atoms with E-state index in [1.807, 2.05) is 0 Å². The Morgan fingerprint density at radius 3 is 2.50 bits per heavy atom. The fraction of sp³-hybridized carbons (Fsp3) is 0.167. The molecular formula is C18H17N5O2S. The molecule has 8 heteroatoms. The summed E-state index contributed by atoms with van der Waals surface area (Å²) in [7, 11) is -2.84. The molecule has 2 N–H and O–H groups in total. The summed E-state index contributed by atoms with van der Waals surface area (Å²) in [5, 5.41) is 2.99. The molecule has 1 unspecified atom stereocenters. The molecule has 1 aromatic carbocycles. The van der Waals surface area contributed by atoms with E-state index in [9.17, 15) is 9.00 Å². The van der Waals surface area contributed by atoms with E-state index in [2.05, 4.69) is 14.9 Å². The Balaban J connectivity index is 2.05. The number of pyridine rings is 1. The van der Waals surface area contributed by atoms with Gasteiger partial charge in [-0.25, -0.2) is 23.5 Å². The number of aryl methyl sites for hydroxylation is 1. The SMILES string of the molecule is [C-]#[N+]c1ccc(-c2c(C)[nH]n(-c3ccc(S(=N)(=O)CC)cn3)c2=O)cc1. The standard InChI is InChI=1S/C18H17N5O2S/c1-4-26(19,25)15-9-10-16(21-11-15)23-18(24)17(12(2)22-23)13-5-7-14(20-3)8-6-13/h5-11,19,22H,4H2,1-2H3. The first-order valence-corrected chi connectivity index (χ1v) is 9.62. The second kappa shape index (κ2) is 6.61. The van der Waals surface area contributed by atoms with Crippen LogP contribution in [0.4, 0.5) is 5.69 Å². The molecule has 1 atom stereocenters. The largest absolute Gasteiger partial charge is 0.293 e. The lowest BCUT2D eigenvalue weighted by Gasteiger charge is -2.05. The van der Waals surface area contributed by atoms with Gasteiger partial charge in [-0.15, -0.1) is 0 Å². The number of benzene rings is 1. The number of aromatic nitrogens is 3. The predicted octanol–water partition coefficient (Wildman–Crippen LogP) is 3.51. The molecule has 2 aromatic heterocycles. The van der Waals surface area contributed by atoms with Crippen molar-refractivity contribution in [2.75, 3.05) is 5.75 Å². The van der Waals surface area contributed by atoms with Crippen LogP contribution in [0.25, 0.3) is 21.8 Å². The van der Waals surface area contributed by atoms with Crippen molar-refractivity contribution in [3.05, 3.63) is 70.1 Å². The van der Waals surface area contributed by atoms with Crippen LogP contribution >= 0.6 is 0 Å². The van der Waals surface area contributed by atoms with Crippen LogP contribution in [0.5, 0.6) is 0 Å². The second-order valence-electron chi connectivity index (χ2n) is 5.73. The lowest BCUT2D eigenvalue weighted by atomic mass is 10.1. The van der Waals surface area contributed by atoms with Crippen molar-refractivity contribution in [1.29, 1.82) is 4.78 Å². The van der Waals surface area contributed by atoms with Crippen LogP contribution < -0.4 is 5.56 Å². The highest BCUT2D eigenvalue weighted by molar-refractivity contribution is 7.92. The molecule has 3 aromatic rings. The first kappa shape index (κ1) is 17.6. The average molecular weight is 367 g/mol. The molecular weight excluding hydrogens is 350 g/mol. The van der Waals surface area contributed by atoms with E-state index in [1.165, 1.54) is 10.9 Å². The highest BCUT2D eigenvalue weighted by atomic mass is 32.2. The summed E-state index contributed by atoms with van der Waals surface area (Å²) in [5.74, 6) is 0.567. The molecule has 132 valence electrons. The summed E-state index contributed by atoms with van der Waals surface area (Å²) < 4.78 is 21.2. The summed E-state index contributed by atoms with van der Waals surface area (Å²) in [4.78, 5) is 20.7. The Morgan fingerprint density at radius 1 is 1.27 bits per heavy atom. The summed E-state index contributed by atoms with van der Waals surface area (Å²) in [6, 6.07) is 9.95. The molecule has 0 saturated carbocycles. The molecule has 7 nitrogen and oxygen atoms in total. The number of aromatic amines is 1. The third-order valence-electron chi connectivity index (χ3n) is 4.09. The van der Waals surface area contributed by atoms with E-state index < -0.39 is 9.73 Å². The van der Waals surface area contributed by atoms with Crippen molar-refractivity contribution in [3.8, 4) is 16.9 Å². The maximum absolute atomic E-state index is 12.8. The maximum Gasteiger partial charge on any atom is 0.280 e. The number of nitrogens with zero attached hydrogens (tertiary/aromatic N) is 3. The van der Waals surface area contributed by atoms with Crippen LogP contribution in [-0.2, 0) is 9.73 Å². The molecule has 0 saturated heterocycles. The normalized spacial score (nSPS) is 13.1. The van der Waals surface area contributed by atoms with E-state index >= 15 is 0 Å². The van der Waals surface area contributed by atoms with Gasteiger partial charge in [0.15, 0.2) is 11.5 Å². The van der Waals surface area contributed by atoms with Crippen molar-refractivity contribution >= 4 is 15.4 Å². The van der Waals surface area contributed by atoms with Crippen LogP contribution in [0.1, 0.15) is 12.6 Å².